The summed E-state index contributed by atoms with van der Waals surface area (Å²) in [4.78, 5) is 24.6. The number of hydrogen-bond acceptors (Lipinski definition) is 5. The number of aliphatic hydroxyl groups excluding tert-OH is 1. The summed E-state index contributed by atoms with van der Waals surface area (Å²) in [6.45, 7) is 4.09. The van der Waals surface area contributed by atoms with Crippen LogP contribution >= 0.6 is 0 Å². The molecule has 452 valence electrons. The van der Waals surface area contributed by atoms with Crippen molar-refractivity contribution in [3.63, 3.8) is 0 Å². The molecule has 0 bridgehead atoms. The van der Waals surface area contributed by atoms with Gasteiger partial charge < -0.3 is 14.6 Å². The lowest BCUT2D eigenvalue weighted by molar-refractivity contribution is -0.161. The van der Waals surface area contributed by atoms with E-state index in [0.717, 1.165) is 57.8 Å². The molecule has 0 fully saturated rings. The molecule has 0 aliphatic rings. The van der Waals surface area contributed by atoms with E-state index < -0.39 is 6.10 Å². The van der Waals surface area contributed by atoms with Gasteiger partial charge in [-0.15, -0.1) is 0 Å². The van der Waals surface area contributed by atoms with Crippen molar-refractivity contribution in [1.82, 2.24) is 0 Å². The normalized spacial score (nSPS) is 12.4. The van der Waals surface area contributed by atoms with Crippen LogP contribution in [0, 0.1) is 0 Å². The van der Waals surface area contributed by atoms with Crippen LogP contribution in [0.15, 0.2) is 48.6 Å². The second-order valence-electron chi connectivity index (χ2n) is 23.6. The van der Waals surface area contributed by atoms with Gasteiger partial charge in [-0.1, -0.05) is 364 Å². The number of carbonyl (C=O) groups excluding carboxylic acids is 2. The van der Waals surface area contributed by atoms with Crippen LogP contribution in [0.25, 0.3) is 0 Å². The molecule has 0 amide bonds. The van der Waals surface area contributed by atoms with Crippen molar-refractivity contribution in [2.24, 2.45) is 0 Å². The first-order chi connectivity index (χ1) is 38.1. The minimum atomic E-state index is -0.771. The molecule has 0 aliphatic carbocycles. The molecule has 5 nitrogen and oxygen atoms in total. The van der Waals surface area contributed by atoms with Crippen molar-refractivity contribution in [3.8, 4) is 0 Å². The number of ether oxygens (including phenoxy) is 2. The van der Waals surface area contributed by atoms with Crippen molar-refractivity contribution in [1.29, 1.82) is 0 Å². The molecule has 0 aliphatic heterocycles. The van der Waals surface area contributed by atoms with Crippen LogP contribution in [-0.2, 0) is 19.1 Å². The van der Waals surface area contributed by atoms with Crippen molar-refractivity contribution >= 4 is 11.9 Å². The Labute approximate surface area is 481 Å². The zero-order valence-corrected chi connectivity index (χ0v) is 52.0. The smallest absolute Gasteiger partial charge is 0.306 e. The molecule has 0 saturated heterocycles. The first-order valence-electron chi connectivity index (χ1n) is 34.7. The SMILES string of the molecule is CC/C=C\C/C=C\C/C=C\C/C=C\CCCCCCCCCCCCCCCCCCC(=O)OC(CO)COC(=O)CCCCCCCCCCCCCCCCCCCCCCCCCCCCCCCCCCCC. The van der Waals surface area contributed by atoms with E-state index in [2.05, 4.69) is 62.5 Å². The highest BCUT2D eigenvalue weighted by Crippen LogP contribution is 2.19. The highest BCUT2D eigenvalue weighted by atomic mass is 16.6. The Morgan fingerprint density at radius 3 is 0.844 bits per heavy atom. The summed E-state index contributed by atoms with van der Waals surface area (Å²) in [5, 5.41) is 9.70. The molecule has 77 heavy (non-hydrogen) atoms. The molecule has 0 aromatic heterocycles. The Hall–Kier alpha value is -2.14. The summed E-state index contributed by atoms with van der Waals surface area (Å²) in [5.41, 5.74) is 0. The van der Waals surface area contributed by atoms with Crippen molar-refractivity contribution in [2.75, 3.05) is 13.2 Å². The van der Waals surface area contributed by atoms with Gasteiger partial charge in [0.15, 0.2) is 6.10 Å². The van der Waals surface area contributed by atoms with Crippen molar-refractivity contribution < 1.29 is 24.2 Å². The minimum Gasteiger partial charge on any atom is -0.462 e. The maximum Gasteiger partial charge on any atom is 0.306 e. The minimum absolute atomic E-state index is 0.0606. The van der Waals surface area contributed by atoms with Gasteiger partial charge in [0.1, 0.15) is 6.61 Å². The van der Waals surface area contributed by atoms with E-state index in [1.807, 2.05) is 0 Å². The van der Waals surface area contributed by atoms with Crippen molar-refractivity contribution in [3.05, 3.63) is 48.6 Å². The maximum atomic E-state index is 12.4. The maximum absolute atomic E-state index is 12.4. The second kappa shape index (κ2) is 68.1. The van der Waals surface area contributed by atoms with Crippen LogP contribution in [0.5, 0.6) is 0 Å². The summed E-state index contributed by atoms with van der Waals surface area (Å²) in [6.07, 6.45) is 91.5. The lowest BCUT2D eigenvalue weighted by Gasteiger charge is -2.15. The first-order valence-corrected chi connectivity index (χ1v) is 34.7. The fraction of sp³-hybridized carbons (Fsp3) is 0.861. The Bertz CT molecular complexity index is 1270. The van der Waals surface area contributed by atoms with E-state index in [1.165, 1.54) is 295 Å². The third-order valence-electron chi connectivity index (χ3n) is 15.9. The third kappa shape index (κ3) is 66.3. The fourth-order valence-corrected chi connectivity index (χ4v) is 10.7. The summed E-state index contributed by atoms with van der Waals surface area (Å²) in [5.74, 6) is -0.569. The molecule has 0 aromatic rings. The summed E-state index contributed by atoms with van der Waals surface area (Å²) in [6, 6.07) is 0. The Kier molecular flexibility index (Phi) is 66.2. The van der Waals surface area contributed by atoms with Gasteiger partial charge in [0.05, 0.1) is 6.61 Å². The predicted octanol–water partition coefficient (Wildman–Crippen LogP) is 23.9. The van der Waals surface area contributed by atoms with Gasteiger partial charge in [-0.25, -0.2) is 0 Å². The zero-order valence-electron chi connectivity index (χ0n) is 52.0. The number of rotatable bonds is 65. The Morgan fingerprint density at radius 2 is 0.558 bits per heavy atom. The van der Waals surface area contributed by atoms with Gasteiger partial charge in [-0.2, -0.15) is 0 Å². The molecule has 0 radical (unpaired) electrons. The summed E-state index contributed by atoms with van der Waals surface area (Å²) >= 11 is 0. The molecule has 1 atom stereocenters. The lowest BCUT2D eigenvalue weighted by Crippen LogP contribution is -2.28. The van der Waals surface area contributed by atoms with Crippen LogP contribution in [-0.4, -0.2) is 36.4 Å². The quantitative estimate of drug-likeness (QED) is 0.0373. The second-order valence-corrected chi connectivity index (χ2v) is 23.6. The predicted molar refractivity (Wildman–Crippen MR) is 339 cm³/mol. The largest absolute Gasteiger partial charge is 0.462 e. The Balaban J connectivity index is 3.38. The topological polar surface area (TPSA) is 72.8 Å². The van der Waals surface area contributed by atoms with Gasteiger partial charge in [0.2, 0.25) is 0 Å². The standard InChI is InChI=1S/C72H134O5/c1-3-5-7-9-11-13-15-17-19-21-23-25-27-29-31-33-34-35-36-37-39-40-42-44-46-48-50-52-54-56-58-60-62-64-66-71(74)76-69-70(68-73)77-72(75)67-65-63-61-59-57-55-53-51-49-47-45-43-41-38-32-30-28-26-24-22-20-18-16-14-12-10-8-6-4-2/h6,8,12,14,18,20,24,26,70,73H,3-5,7,9-11,13,15-17,19,21-23,25,27-69H2,1-2H3/b8-6-,14-12-,20-18-,26-24-. The van der Waals surface area contributed by atoms with E-state index in [1.54, 1.807) is 0 Å². The molecule has 1 unspecified atom stereocenters. The fourth-order valence-electron chi connectivity index (χ4n) is 10.7. The molecular formula is C72H134O5. The van der Waals surface area contributed by atoms with E-state index in [0.29, 0.717) is 12.8 Å². The first kappa shape index (κ1) is 74.9. The van der Waals surface area contributed by atoms with E-state index >= 15 is 0 Å². The van der Waals surface area contributed by atoms with E-state index in [9.17, 15) is 14.7 Å². The average molecular weight is 1080 g/mol. The van der Waals surface area contributed by atoms with Crippen molar-refractivity contribution in [2.45, 2.75) is 386 Å². The molecule has 0 aromatic carbocycles. The molecule has 0 rings (SSSR count). The monoisotopic (exact) mass is 1080 g/mol. The number of esters is 2. The highest BCUT2D eigenvalue weighted by Gasteiger charge is 2.16. The molecular weight excluding hydrogens is 945 g/mol. The van der Waals surface area contributed by atoms with Gasteiger partial charge in [0.25, 0.3) is 0 Å². The lowest BCUT2D eigenvalue weighted by atomic mass is 10.0. The van der Waals surface area contributed by atoms with Gasteiger partial charge in [-0.05, 0) is 51.4 Å². The highest BCUT2D eigenvalue weighted by molar-refractivity contribution is 5.70. The molecule has 1 N–H and O–H groups in total. The number of unbranched alkanes of at least 4 members (excludes halogenated alkanes) is 49. The van der Waals surface area contributed by atoms with Crippen LogP contribution in [0.1, 0.15) is 380 Å². The van der Waals surface area contributed by atoms with E-state index in [4.69, 9.17) is 9.47 Å². The van der Waals surface area contributed by atoms with Gasteiger partial charge in [0, 0.05) is 12.8 Å². The number of carbonyl (C=O) groups is 2. The summed E-state index contributed by atoms with van der Waals surface area (Å²) < 4.78 is 10.8. The zero-order chi connectivity index (χ0) is 55.5. The van der Waals surface area contributed by atoms with Crippen LogP contribution in [0.2, 0.25) is 0 Å². The van der Waals surface area contributed by atoms with Gasteiger partial charge in [-0.3, -0.25) is 9.59 Å². The number of aliphatic hydroxyl groups is 1. The molecule has 0 spiro atoms. The Morgan fingerprint density at radius 1 is 0.312 bits per heavy atom. The third-order valence-corrected chi connectivity index (χ3v) is 15.9. The molecule has 0 saturated carbocycles. The summed E-state index contributed by atoms with van der Waals surface area (Å²) in [7, 11) is 0. The molecule has 5 heteroatoms. The molecule has 0 heterocycles. The average Bonchev–Trinajstić information content (AvgIpc) is 3.43. The van der Waals surface area contributed by atoms with E-state index in [-0.39, 0.29) is 25.2 Å². The number of hydrogen-bond donors (Lipinski definition) is 1. The van der Waals surface area contributed by atoms with Crippen LogP contribution in [0.3, 0.4) is 0 Å². The van der Waals surface area contributed by atoms with Crippen LogP contribution in [0.4, 0.5) is 0 Å². The van der Waals surface area contributed by atoms with Gasteiger partial charge >= 0.3 is 11.9 Å². The number of allylic oxidation sites excluding steroid dienone is 8. The van der Waals surface area contributed by atoms with Crippen LogP contribution < -0.4 is 0 Å².